The number of rotatable bonds is 8. The van der Waals surface area contributed by atoms with Crippen LogP contribution in [0.3, 0.4) is 0 Å². The van der Waals surface area contributed by atoms with Gasteiger partial charge in [-0.1, -0.05) is 0 Å². The van der Waals surface area contributed by atoms with Crippen LogP contribution in [0.1, 0.15) is 13.3 Å². The van der Waals surface area contributed by atoms with E-state index in [0.29, 0.717) is 32.1 Å². The zero-order valence-electron chi connectivity index (χ0n) is 10.4. The summed E-state index contributed by atoms with van der Waals surface area (Å²) < 4.78 is 9.95. The lowest BCUT2D eigenvalue weighted by Gasteiger charge is -2.10. The van der Waals surface area contributed by atoms with E-state index in [-0.39, 0.29) is 11.3 Å². The van der Waals surface area contributed by atoms with Crippen molar-refractivity contribution in [1.82, 2.24) is 15.0 Å². The number of nitrogens with one attached hydrogen (secondary N) is 1. The van der Waals surface area contributed by atoms with Gasteiger partial charge in [0.25, 0.3) is 0 Å². The predicted octanol–water partition coefficient (Wildman–Crippen LogP) is 0.733. The second-order valence-electron chi connectivity index (χ2n) is 3.47. The Hall–Kier alpha value is -1.18. The number of aliphatic hydroxyl groups is 1. The maximum Gasteiger partial charge on any atom is 0.322 e. The van der Waals surface area contributed by atoms with Crippen molar-refractivity contribution in [3.05, 3.63) is 5.28 Å². The predicted molar refractivity (Wildman–Crippen MR) is 67.0 cm³/mol. The van der Waals surface area contributed by atoms with E-state index in [0.717, 1.165) is 0 Å². The molecule has 0 aliphatic heterocycles. The SMILES string of the molecule is CCOc1nc(Cl)nc(NCCC(O)COC)n1. The van der Waals surface area contributed by atoms with E-state index in [9.17, 15) is 5.11 Å². The summed E-state index contributed by atoms with van der Waals surface area (Å²) in [6, 6.07) is 0.178. The fourth-order valence-electron chi connectivity index (χ4n) is 1.23. The third-order valence-electron chi connectivity index (χ3n) is 1.98. The van der Waals surface area contributed by atoms with Gasteiger partial charge < -0.3 is 19.9 Å². The van der Waals surface area contributed by atoms with Gasteiger partial charge in [-0.05, 0) is 24.9 Å². The van der Waals surface area contributed by atoms with Crippen LogP contribution < -0.4 is 10.1 Å². The van der Waals surface area contributed by atoms with Gasteiger partial charge in [0.05, 0.1) is 19.3 Å². The minimum Gasteiger partial charge on any atom is -0.464 e. The molecular weight excluding hydrogens is 260 g/mol. The van der Waals surface area contributed by atoms with Crippen molar-refractivity contribution < 1.29 is 14.6 Å². The number of anilines is 1. The monoisotopic (exact) mass is 276 g/mol. The van der Waals surface area contributed by atoms with Gasteiger partial charge >= 0.3 is 6.01 Å². The summed E-state index contributed by atoms with van der Waals surface area (Å²) in [5.41, 5.74) is 0. The summed E-state index contributed by atoms with van der Waals surface area (Å²) in [4.78, 5) is 11.7. The first-order chi connectivity index (χ1) is 8.65. The third-order valence-corrected chi connectivity index (χ3v) is 2.15. The quantitative estimate of drug-likeness (QED) is 0.723. The highest BCUT2D eigenvalue weighted by Crippen LogP contribution is 2.11. The number of nitrogens with zero attached hydrogens (tertiary/aromatic N) is 3. The van der Waals surface area contributed by atoms with Crippen molar-refractivity contribution in [3.63, 3.8) is 0 Å². The number of halogens is 1. The number of ether oxygens (including phenoxy) is 2. The Morgan fingerprint density at radius 2 is 2.17 bits per heavy atom. The molecule has 0 saturated heterocycles. The van der Waals surface area contributed by atoms with Crippen LogP contribution >= 0.6 is 11.6 Å². The van der Waals surface area contributed by atoms with Crippen molar-refractivity contribution in [2.45, 2.75) is 19.4 Å². The Balaban J connectivity index is 2.46. The first-order valence-corrected chi connectivity index (χ1v) is 5.98. The molecule has 18 heavy (non-hydrogen) atoms. The second kappa shape index (κ2) is 8.02. The van der Waals surface area contributed by atoms with Crippen LogP contribution in [0.2, 0.25) is 5.28 Å². The molecule has 7 nitrogen and oxygen atoms in total. The molecule has 0 aliphatic rings. The normalized spacial score (nSPS) is 12.2. The molecular formula is C10H17ClN4O3. The first kappa shape index (κ1) is 14.9. The molecule has 0 fully saturated rings. The minimum absolute atomic E-state index is 0.0633. The van der Waals surface area contributed by atoms with Gasteiger partial charge in [-0.3, -0.25) is 0 Å². The summed E-state index contributed by atoms with van der Waals surface area (Å²) >= 11 is 5.73. The largest absolute Gasteiger partial charge is 0.464 e. The van der Waals surface area contributed by atoms with Gasteiger partial charge in [0.2, 0.25) is 11.2 Å². The lowest BCUT2D eigenvalue weighted by molar-refractivity contribution is 0.0615. The molecule has 102 valence electrons. The molecule has 0 aliphatic carbocycles. The zero-order chi connectivity index (χ0) is 13.4. The third kappa shape index (κ3) is 5.44. The Morgan fingerprint density at radius 1 is 1.39 bits per heavy atom. The molecule has 0 bridgehead atoms. The highest BCUT2D eigenvalue weighted by molar-refractivity contribution is 6.28. The smallest absolute Gasteiger partial charge is 0.322 e. The molecule has 8 heteroatoms. The molecule has 1 atom stereocenters. The number of methoxy groups -OCH3 is 1. The standard InChI is InChI=1S/C10H17ClN4O3/c1-3-18-10-14-8(11)13-9(15-10)12-5-4-7(16)6-17-2/h7,16H,3-6H2,1-2H3,(H,12,13,14,15). The van der Waals surface area contributed by atoms with Crippen molar-refractivity contribution in [1.29, 1.82) is 0 Å². The lowest BCUT2D eigenvalue weighted by Crippen LogP contribution is -2.19. The van der Waals surface area contributed by atoms with E-state index in [2.05, 4.69) is 20.3 Å². The molecule has 0 spiro atoms. The van der Waals surface area contributed by atoms with E-state index in [1.807, 2.05) is 6.92 Å². The Labute approximate surface area is 111 Å². The summed E-state index contributed by atoms with van der Waals surface area (Å²) in [6.07, 6.45) is -0.00707. The first-order valence-electron chi connectivity index (χ1n) is 5.61. The molecule has 1 rings (SSSR count). The summed E-state index contributed by atoms with van der Waals surface area (Å²) in [5.74, 6) is 0.322. The number of aromatic nitrogens is 3. The van der Waals surface area contributed by atoms with Crippen LogP contribution in [0.25, 0.3) is 0 Å². The summed E-state index contributed by atoms with van der Waals surface area (Å²) in [7, 11) is 1.54. The van der Waals surface area contributed by atoms with Crippen molar-refractivity contribution in [3.8, 4) is 6.01 Å². The minimum atomic E-state index is -0.522. The van der Waals surface area contributed by atoms with E-state index in [1.165, 1.54) is 7.11 Å². The number of hydrogen-bond donors (Lipinski definition) is 2. The van der Waals surface area contributed by atoms with E-state index in [1.54, 1.807) is 0 Å². The molecule has 1 heterocycles. The van der Waals surface area contributed by atoms with Gasteiger partial charge in [-0.25, -0.2) is 0 Å². The Morgan fingerprint density at radius 3 is 2.83 bits per heavy atom. The molecule has 1 unspecified atom stereocenters. The highest BCUT2D eigenvalue weighted by atomic mass is 35.5. The van der Waals surface area contributed by atoms with Crippen LogP contribution in [-0.2, 0) is 4.74 Å². The van der Waals surface area contributed by atoms with Crippen molar-refractivity contribution in [2.75, 3.05) is 32.2 Å². The topological polar surface area (TPSA) is 89.4 Å². The molecule has 1 aromatic heterocycles. The molecule has 0 saturated carbocycles. The van der Waals surface area contributed by atoms with Gasteiger partial charge in [0.1, 0.15) is 0 Å². The fourth-order valence-corrected chi connectivity index (χ4v) is 1.38. The van der Waals surface area contributed by atoms with Crippen molar-refractivity contribution >= 4 is 17.5 Å². The van der Waals surface area contributed by atoms with Crippen LogP contribution in [0.5, 0.6) is 6.01 Å². The van der Waals surface area contributed by atoms with Crippen LogP contribution in [0, 0.1) is 0 Å². The van der Waals surface area contributed by atoms with E-state index in [4.69, 9.17) is 21.1 Å². The maximum atomic E-state index is 9.45. The van der Waals surface area contributed by atoms with Crippen LogP contribution in [0.4, 0.5) is 5.95 Å². The van der Waals surface area contributed by atoms with E-state index < -0.39 is 6.10 Å². The number of hydrogen-bond acceptors (Lipinski definition) is 7. The van der Waals surface area contributed by atoms with Crippen molar-refractivity contribution in [2.24, 2.45) is 0 Å². The molecule has 0 aromatic carbocycles. The molecule has 0 amide bonds. The summed E-state index contributed by atoms with van der Waals surface area (Å²) in [6.45, 7) is 3.07. The lowest BCUT2D eigenvalue weighted by atomic mass is 10.3. The zero-order valence-corrected chi connectivity index (χ0v) is 11.1. The van der Waals surface area contributed by atoms with Gasteiger partial charge in [0, 0.05) is 13.7 Å². The second-order valence-corrected chi connectivity index (χ2v) is 3.81. The van der Waals surface area contributed by atoms with Crippen LogP contribution in [-0.4, -0.2) is 53.0 Å². The summed E-state index contributed by atoms with van der Waals surface area (Å²) in [5, 5.41) is 12.4. The van der Waals surface area contributed by atoms with Gasteiger partial charge in [-0.15, -0.1) is 0 Å². The van der Waals surface area contributed by atoms with Gasteiger partial charge in [-0.2, -0.15) is 15.0 Å². The average molecular weight is 277 g/mol. The Kier molecular flexibility index (Phi) is 6.63. The fraction of sp³-hybridized carbons (Fsp3) is 0.700. The number of aliphatic hydroxyl groups excluding tert-OH is 1. The maximum absolute atomic E-state index is 9.45. The van der Waals surface area contributed by atoms with E-state index >= 15 is 0 Å². The molecule has 2 N–H and O–H groups in total. The van der Waals surface area contributed by atoms with Crippen LogP contribution in [0.15, 0.2) is 0 Å². The average Bonchev–Trinajstić information content (AvgIpc) is 2.29. The van der Waals surface area contributed by atoms with Gasteiger partial charge in [0.15, 0.2) is 0 Å². The highest BCUT2D eigenvalue weighted by Gasteiger charge is 2.07. The molecule has 0 radical (unpaired) electrons. The Bertz CT molecular complexity index is 367. The molecule has 1 aromatic rings.